The van der Waals surface area contributed by atoms with Crippen LogP contribution in [0.3, 0.4) is 0 Å². The summed E-state index contributed by atoms with van der Waals surface area (Å²) in [6.45, 7) is 5.80. The maximum Gasteiger partial charge on any atom is 0.161 e. The standard InChI is InChI=1S/C16H25NO3/c1-12(2)17-10-13-8-9-14(20-13)11-19-16-7-5-4-6-15(16)18-3/h4-7,12-14,17H,8-11H2,1-3H3. The maximum atomic E-state index is 5.98. The Labute approximate surface area is 121 Å². The third kappa shape index (κ3) is 4.39. The smallest absolute Gasteiger partial charge is 0.161 e. The van der Waals surface area contributed by atoms with Gasteiger partial charge in [-0.2, -0.15) is 0 Å². The van der Waals surface area contributed by atoms with E-state index in [1.54, 1.807) is 7.11 Å². The minimum Gasteiger partial charge on any atom is -0.493 e. The van der Waals surface area contributed by atoms with E-state index in [2.05, 4.69) is 19.2 Å². The third-order valence-corrected chi connectivity index (χ3v) is 3.44. The summed E-state index contributed by atoms with van der Waals surface area (Å²) < 4.78 is 17.1. The molecule has 1 saturated heterocycles. The molecule has 20 heavy (non-hydrogen) atoms. The van der Waals surface area contributed by atoms with Gasteiger partial charge in [-0.25, -0.2) is 0 Å². The summed E-state index contributed by atoms with van der Waals surface area (Å²) in [7, 11) is 1.65. The predicted molar refractivity (Wildman–Crippen MR) is 79.5 cm³/mol. The summed E-state index contributed by atoms with van der Waals surface area (Å²) in [5.41, 5.74) is 0. The summed E-state index contributed by atoms with van der Waals surface area (Å²) in [6.07, 6.45) is 2.64. The van der Waals surface area contributed by atoms with Crippen molar-refractivity contribution in [2.45, 2.75) is 44.9 Å². The van der Waals surface area contributed by atoms with E-state index in [0.29, 0.717) is 18.8 Å². The van der Waals surface area contributed by atoms with Gasteiger partial charge in [0, 0.05) is 12.6 Å². The molecular formula is C16H25NO3. The topological polar surface area (TPSA) is 39.7 Å². The van der Waals surface area contributed by atoms with Crippen LogP contribution in [-0.2, 0) is 4.74 Å². The van der Waals surface area contributed by atoms with E-state index in [-0.39, 0.29) is 6.10 Å². The van der Waals surface area contributed by atoms with Crippen LogP contribution in [0.1, 0.15) is 26.7 Å². The number of ether oxygens (including phenoxy) is 3. The Morgan fingerprint density at radius 2 is 1.90 bits per heavy atom. The summed E-state index contributed by atoms with van der Waals surface area (Å²) in [5.74, 6) is 1.55. The average molecular weight is 279 g/mol. The van der Waals surface area contributed by atoms with Gasteiger partial charge in [-0.05, 0) is 25.0 Å². The molecule has 1 N–H and O–H groups in total. The molecule has 0 aromatic heterocycles. The van der Waals surface area contributed by atoms with Crippen molar-refractivity contribution in [2.24, 2.45) is 0 Å². The number of hydrogen-bond acceptors (Lipinski definition) is 4. The molecule has 112 valence electrons. The lowest BCUT2D eigenvalue weighted by Crippen LogP contribution is -2.32. The largest absolute Gasteiger partial charge is 0.493 e. The van der Waals surface area contributed by atoms with Gasteiger partial charge in [-0.3, -0.25) is 0 Å². The zero-order valence-electron chi connectivity index (χ0n) is 12.6. The van der Waals surface area contributed by atoms with Crippen LogP contribution in [-0.4, -0.2) is 38.5 Å². The molecule has 0 aliphatic carbocycles. The Kier molecular flexibility index (Phi) is 5.68. The van der Waals surface area contributed by atoms with Crippen LogP contribution in [0.5, 0.6) is 11.5 Å². The Morgan fingerprint density at radius 1 is 1.20 bits per heavy atom. The first kappa shape index (κ1) is 15.1. The van der Waals surface area contributed by atoms with Crippen molar-refractivity contribution in [3.63, 3.8) is 0 Å². The van der Waals surface area contributed by atoms with Crippen LogP contribution in [0.2, 0.25) is 0 Å². The van der Waals surface area contributed by atoms with Crippen molar-refractivity contribution in [1.82, 2.24) is 5.32 Å². The zero-order valence-corrected chi connectivity index (χ0v) is 12.6. The summed E-state index contributed by atoms with van der Waals surface area (Å²) in [4.78, 5) is 0. The minimum atomic E-state index is 0.180. The van der Waals surface area contributed by atoms with Gasteiger partial charge in [0.05, 0.1) is 19.3 Å². The van der Waals surface area contributed by atoms with Crippen molar-refractivity contribution in [1.29, 1.82) is 0 Å². The SMILES string of the molecule is COc1ccccc1OCC1CCC(CNC(C)C)O1. The summed E-state index contributed by atoms with van der Waals surface area (Å²) in [6, 6.07) is 8.21. The zero-order chi connectivity index (χ0) is 14.4. The lowest BCUT2D eigenvalue weighted by molar-refractivity contribution is 0.0174. The number of methoxy groups -OCH3 is 1. The molecule has 4 heteroatoms. The van der Waals surface area contributed by atoms with Crippen molar-refractivity contribution < 1.29 is 14.2 Å². The fourth-order valence-electron chi connectivity index (χ4n) is 2.34. The molecule has 1 aliphatic rings. The first-order valence-electron chi connectivity index (χ1n) is 7.33. The van der Waals surface area contributed by atoms with Crippen LogP contribution < -0.4 is 14.8 Å². The molecule has 2 atom stereocenters. The second kappa shape index (κ2) is 7.50. The van der Waals surface area contributed by atoms with E-state index >= 15 is 0 Å². The van der Waals surface area contributed by atoms with E-state index in [4.69, 9.17) is 14.2 Å². The molecule has 1 aromatic rings. The predicted octanol–water partition coefficient (Wildman–Crippen LogP) is 2.62. The van der Waals surface area contributed by atoms with Gasteiger partial charge in [0.25, 0.3) is 0 Å². The van der Waals surface area contributed by atoms with E-state index in [0.717, 1.165) is 30.9 Å². The molecule has 1 fully saturated rings. The molecule has 0 saturated carbocycles. The third-order valence-electron chi connectivity index (χ3n) is 3.44. The van der Waals surface area contributed by atoms with Gasteiger partial charge in [0.2, 0.25) is 0 Å². The highest BCUT2D eigenvalue weighted by atomic mass is 16.6. The first-order chi connectivity index (χ1) is 9.69. The lowest BCUT2D eigenvalue weighted by Gasteiger charge is -2.17. The fraction of sp³-hybridized carbons (Fsp3) is 0.625. The fourth-order valence-corrected chi connectivity index (χ4v) is 2.34. The number of rotatable bonds is 7. The monoisotopic (exact) mass is 279 g/mol. The van der Waals surface area contributed by atoms with Gasteiger partial charge in [0.1, 0.15) is 6.61 Å². The molecule has 2 unspecified atom stereocenters. The van der Waals surface area contributed by atoms with Crippen LogP contribution in [0, 0.1) is 0 Å². The Morgan fingerprint density at radius 3 is 2.60 bits per heavy atom. The minimum absolute atomic E-state index is 0.180. The molecule has 0 spiro atoms. The molecule has 4 nitrogen and oxygen atoms in total. The first-order valence-corrected chi connectivity index (χ1v) is 7.33. The van der Waals surface area contributed by atoms with Crippen LogP contribution in [0.25, 0.3) is 0 Å². The Bertz CT molecular complexity index is 408. The van der Waals surface area contributed by atoms with Crippen molar-refractivity contribution >= 4 is 0 Å². The van der Waals surface area contributed by atoms with E-state index in [9.17, 15) is 0 Å². The summed E-state index contributed by atoms with van der Waals surface area (Å²) in [5, 5.41) is 3.41. The molecule has 1 aromatic carbocycles. The summed E-state index contributed by atoms with van der Waals surface area (Å²) >= 11 is 0. The van der Waals surface area contributed by atoms with Crippen LogP contribution >= 0.6 is 0 Å². The number of benzene rings is 1. The molecule has 0 bridgehead atoms. The highest BCUT2D eigenvalue weighted by molar-refractivity contribution is 5.39. The molecular weight excluding hydrogens is 254 g/mol. The maximum absolute atomic E-state index is 5.98. The number of hydrogen-bond donors (Lipinski definition) is 1. The average Bonchev–Trinajstić information content (AvgIpc) is 2.91. The van der Waals surface area contributed by atoms with Crippen molar-refractivity contribution in [3.8, 4) is 11.5 Å². The van der Waals surface area contributed by atoms with E-state index in [1.807, 2.05) is 24.3 Å². The van der Waals surface area contributed by atoms with Crippen LogP contribution in [0.4, 0.5) is 0 Å². The van der Waals surface area contributed by atoms with Gasteiger partial charge in [-0.1, -0.05) is 26.0 Å². The lowest BCUT2D eigenvalue weighted by atomic mass is 10.2. The normalized spacial score (nSPS) is 22.2. The number of nitrogens with one attached hydrogen (secondary N) is 1. The van der Waals surface area contributed by atoms with Gasteiger partial charge < -0.3 is 19.5 Å². The molecule has 0 amide bonds. The van der Waals surface area contributed by atoms with E-state index < -0.39 is 0 Å². The van der Waals surface area contributed by atoms with Crippen LogP contribution in [0.15, 0.2) is 24.3 Å². The van der Waals surface area contributed by atoms with E-state index in [1.165, 1.54) is 0 Å². The second-order valence-electron chi connectivity index (χ2n) is 5.48. The highest BCUT2D eigenvalue weighted by Gasteiger charge is 2.25. The molecule has 1 aliphatic heterocycles. The molecule has 1 heterocycles. The van der Waals surface area contributed by atoms with Crippen molar-refractivity contribution in [2.75, 3.05) is 20.3 Å². The van der Waals surface area contributed by atoms with Gasteiger partial charge >= 0.3 is 0 Å². The molecule has 0 radical (unpaired) electrons. The van der Waals surface area contributed by atoms with Crippen molar-refractivity contribution in [3.05, 3.63) is 24.3 Å². The highest BCUT2D eigenvalue weighted by Crippen LogP contribution is 2.27. The molecule has 2 rings (SSSR count). The van der Waals surface area contributed by atoms with Gasteiger partial charge in [-0.15, -0.1) is 0 Å². The number of para-hydroxylation sites is 2. The van der Waals surface area contributed by atoms with Gasteiger partial charge in [0.15, 0.2) is 11.5 Å². The Balaban J connectivity index is 1.75. The second-order valence-corrected chi connectivity index (χ2v) is 5.48. The quantitative estimate of drug-likeness (QED) is 0.833. The Hall–Kier alpha value is -1.26.